The van der Waals surface area contributed by atoms with E-state index in [0.29, 0.717) is 12.4 Å². The summed E-state index contributed by atoms with van der Waals surface area (Å²) in [6, 6.07) is 10.6. The molecule has 0 unspecified atom stereocenters. The molecule has 1 N–H and O–H groups in total. The molecule has 0 aliphatic carbocycles. The van der Waals surface area contributed by atoms with Crippen molar-refractivity contribution in [3.8, 4) is 17.9 Å². The summed E-state index contributed by atoms with van der Waals surface area (Å²) in [5, 5.41) is 12.4. The fraction of sp³-hybridized carbons (Fsp3) is 0.409. The molecule has 0 amide bonds. The Hall–Kier alpha value is -2.89. The molecule has 1 aliphatic rings. The summed E-state index contributed by atoms with van der Waals surface area (Å²) in [4.78, 5) is 10.7. The third-order valence-corrected chi connectivity index (χ3v) is 4.41. The fourth-order valence-electron chi connectivity index (χ4n) is 2.95. The van der Waals surface area contributed by atoms with Gasteiger partial charge in [0.2, 0.25) is 5.82 Å². The zero-order valence-electron chi connectivity index (χ0n) is 16.2. The Morgan fingerprint density at radius 1 is 1.22 bits per heavy atom. The fourth-order valence-corrected chi connectivity index (χ4v) is 2.95. The predicted octanol–water partition coefficient (Wildman–Crippen LogP) is 3.22. The van der Waals surface area contributed by atoms with E-state index in [0.717, 1.165) is 31.6 Å². The van der Waals surface area contributed by atoms with Gasteiger partial charge in [-0.25, -0.2) is 9.97 Å². The van der Waals surface area contributed by atoms with Crippen molar-refractivity contribution < 1.29 is 0 Å². The van der Waals surface area contributed by atoms with Gasteiger partial charge in [0.05, 0.1) is 12.1 Å². The molecule has 5 heteroatoms. The second-order valence-electron chi connectivity index (χ2n) is 8.01. The molecule has 138 valence electrons. The van der Waals surface area contributed by atoms with Crippen LogP contribution in [0.15, 0.2) is 30.5 Å². The molecule has 0 atom stereocenters. The van der Waals surface area contributed by atoms with E-state index in [-0.39, 0.29) is 11.2 Å². The number of nitrogens with one attached hydrogen (secondary N) is 1. The van der Waals surface area contributed by atoms with Gasteiger partial charge in [-0.1, -0.05) is 56.9 Å². The number of hydrogen-bond acceptors (Lipinski definition) is 5. The molecular formula is C22H25N5. The van der Waals surface area contributed by atoms with Crippen LogP contribution in [0, 0.1) is 28.6 Å². The summed E-state index contributed by atoms with van der Waals surface area (Å²) in [6.45, 7) is 9.83. The van der Waals surface area contributed by atoms with Gasteiger partial charge in [-0.3, -0.25) is 4.90 Å². The van der Waals surface area contributed by atoms with Crippen LogP contribution in [0.25, 0.3) is 0 Å². The SMILES string of the molecule is CC(C)(C)CNc1nc(C#N)ncc1C#CCN1CCc2ccccc2C1. The summed E-state index contributed by atoms with van der Waals surface area (Å²) in [5.74, 6) is 7.22. The zero-order valence-corrected chi connectivity index (χ0v) is 16.2. The van der Waals surface area contributed by atoms with Gasteiger partial charge in [0, 0.05) is 25.8 Å². The van der Waals surface area contributed by atoms with E-state index >= 15 is 0 Å². The van der Waals surface area contributed by atoms with E-state index in [2.05, 4.69) is 77.1 Å². The summed E-state index contributed by atoms with van der Waals surface area (Å²) in [7, 11) is 0. The Labute approximate surface area is 161 Å². The highest BCUT2D eigenvalue weighted by molar-refractivity contribution is 5.53. The van der Waals surface area contributed by atoms with Crippen LogP contribution in [-0.2, 0) is 13.0 Å². The molecule has 5 nitrogen and oxygen atoms in total. The number of rotatable bonds is 3. The molecule has 0 bridgehead atoms. The summed E-state index contributed by atoms with van der Waals surface area (Å²) in [5.41, 5.74) is 3.66. The maximum atomic E-state index is 9.06. The first-order valence-electron chi connectivity index (χ1n) is 9.24. The molecule has 2 aromatic rings. The highest BCUT2D eigenvalue weighted by Crippen LogP contribution is 2.18. The number of nitrogens with zero attached hydrogens (tertiary/aromatic N) is 4. The molecule has 0 saturated heterocycles. The van der Waals surface area contributed by atoms with E-state index in [1.165, 1.54) is 11.1 Å². The lowest BCUT2D eigenvalue weighted by Crippen LogP contribution is -2.30. The third kappa shape index (κ3) is 5.29. The molecule has 27 heavy (non-hydrogen) atoms. The average molecular weight is 359 g/mol. The van der Waals surface area contributed by atoms with Gasteiger partial charge < -0.3 is 5.32 Å². The third-order valence-electron chi connectivity index (χ3n) is 4.41. The van der Waals surface area contributed by atoms with Crippen molar-refractivity contribution in [3.05, 3.63) is 53.0 Å². The topological polar surface area (TPSA) is 64.8 Å². The molecule has 1 aromatic heterocycles. The monoisotopic (exact) mass is 359 g/mol. The highest BCUT2D eigenvalue weighted by atomic mass is 15.1. The van der Waals surface area contributed by atoms with Gasteiger partial charge in [-0.15, -0.1) is 0 Å². The van der Waals surface area contributed by atoms with E-state index in [9.17, 15) is 0 Å². The van der Waals surface area contributed by atoms with Crippen molar-refractivity contribution in [2.75, 3.05) is 25.0 Å². The first-order valence-corrected chi connectivity index (χ1v) is 9.24. The zero-order chi connectivity index (χ0) is 19.3. The largest absolute Gasteiger partial charge is 0.368 e. The van der Waals surface area contributed by atoms with Gasteiger partial charge in [0.1, 0.15) is 11.9 Å². The van der Waals surface area contributed by atoms with Gasteiger partial charge in [0.25, 0.3) is 0 Å². The number of nitriles is 1. The Morgan fingerprint density at radius 3 is 2.74 bits per heavy atom. The first-order chi connectivity index (χ1) is 12.9. The van der Waals surface area contributed by atoms with Crippen LogP contribution < -0.4 is 5.32 Å². The van der Waals surface area contributed by atoms with Crippen LogP contribution in [0.4, 0.5) is 5.82 Å². The predicted molar refractivity (Wildman–Crippen MR) is 107 cm³/mol. The van der Waals surface area contributed by atoms with Crippen LogP contribution in [0.2, 0.25) is 0 Å². The van der Waals surface area contributed by atoms with E-state index in [4.69, 9.17) is 5.26 Å². The van der Waals surface area contributed by atoms with Gasteiger partial charge >= 0.3 is 0 Å². The molecular weight excluding hydrogens is 334 g/mol. The standard InChI is InChI=1S/C22H25N5/c1-22(2,3)16-25-21-18(14-24-20(13-23)26-21)9-6-11-27-12-10-17-7-4-5-8-19(17)15-27/h4-5,7-8,14H,10-12,15-16H2,1-3H3,(H,24,25,26). The minimum Gasteiger partial charge on any atom is -0.368 e. The molecule has 2 heterocycles. The molecule has 0 spiro atoms. The van der Waals surface area contributed by atoms with Crippen LogP contribution in [0.1, 0.15) is 43.3 Å². The smallest absolute Gasteiger partial charge is 0.234 e. The van der Waals surface area contributed by atoms with Crippen LogP contribution in [0.5, 0.6) is 0 Å². The van der Waals surface area contributed by atoms with Gasteiger partial charge in [-0.2, -0.15) is 5.26 Å². The second-order valence-corrected chi connectivity index (χ2v) is 8.01. The summed E-state index contributed by atoms with van der Waals surface area (Å²) in [6.07, 6.45) is 2.70. The Bertz CT molecular complexity index is 909. The molecule has 1 aromatic carbocycles. The number of fused-ring (bicyclic) bond motifs is 1. The average Bonchev–Trinajstić information content (AvgIpc) is 2.66. The van der Waals surface area contributed by atoms with Gasteiger partial charge in [-0.05, 0) is 23.0 Å². The summed E-state index contributed by atoms with van der Waals surface area (Å²) < 4.78 is 0. The second kappa shape index (κ2) is 8.20. The first kappa shape index (κ1) is 18.9. The lowest BCUT2D eigenvalue weighted by atomic mass is 9.97. The summed E-state index contributed by atoms with van der Waals surface area (Å²) >= 11 is 0. The maximum Gasteiger partial charge on any atom is 0.234 e. The van der Waals surface area contributed by atoms with Crippen molar-refractivity contribution in [2.45, 2.75) is 33.7 Å². The van der Waals surface area contributed by atoms with Crippen molar-refractivity contribution in [3.63, 3.8) is 0 Å². The molecule has 1 aliphatic heterocycles. The Balaban J connectivity index is 1.70. The van der Waals surface area contributed by atoms with Crippen molar-refractivity contribution in [1.29, 1.82) is 5.26 Å². The Morgan fingerprint density at radius 2 is 2.00 bits per heavy atom. The van der Waals surface area contributed by atoms with E-state index in [1.54, 1.807) is 6.20 Å². The molecule has 0 saturated carbocycles. The maximum absolute atomic E-state index is 9.06. The van der Waals surface area contributed by atoms with Crippen LogP contribution in [-0.4, -0.2) is 34.5 Å². The normalized spacial score (nSPS) is 13.9. The van der Waals surface area contributed by atoms with Crippen LogP contribution in [0.3, 0.4) is 0 Å². The lowest BCUT2D eigenvalue weighted by Gasteiger charge is -2.26. The van der Waals surface area contributed by atoms with Crippen molar-refractivity contribution in [1.82, 2.24) is 14.9 Å². The van der Waals surface area contributed by atoms with Crippen molar-refractivity contribution in [2.24, 2.45) is 5.41 Å². The molecule has 0 fully saturated rings. The highest BCUT2D eigenvalue weighted by Gasteiger charge is 2.15. The minimum absolute atomic E-state index is 0.101. The number of aromatic nitrogens is 2. The van der Waals surface area contributed by atoms with E-state index in [1.807, 2.05) is 6.07 Å². The van der Waals surface area contributed by atoms with Crippen molar-refractivity contribution >= 4 is 5.82 Å². The number of hydrogen-bond donors (Lipinski definition) is 1. The van der Waals surface area contributed by atoms with Crippen LogP contribution >= 0.6 is 0 Å². The lowest BCUT2D eigenvalue weighted by molar-refractivity contribution is 0.286. The Kier molecular flexibility index (Phi) is 5.74. The molecule has 3 rings (SSSR count). The van der Waals surface area contributed by atoms with Gasteiger partial charge in [0.15, 0.2) is 0 Å². The van der Waals surface area contributed by atoms with E-state index < -0.39 is 0 Å². The quantitative estimate of drug-likeness (QED) is 0.853. The molecule has 0 radical (unpaired) electrons. The number of benzene rings is 1. The number of anilines is 1. The minimum atomic E-state index is 0.101.